The van der Waals surface area contributed by atoms with Crippen molar-refractivity contribution < 1.29 is 9.47 Å². The Morgan fingerprint density at radius 3 is 2.31 bits per heavy atom. The molecule has 0 saturated carbocycles. The van der Waals surface area contributed by atoms with Gasteiger partial charge in [-0.25, -0.2) is 0 Å². The van der Waals surface area contributed by atoms with Gasteiger partial charge in [0.15, 0.2) is 11.5 Å². The van der Waals surface area contributed by atoms with Gasteiger partial charge in [0, 0.05) is 0 Å². The van der Waals surface area contributed by atoms with Crippen LogP contribution in [0, 0.1) is 5.41 Å². The van der Waals surface area contributed by atoms with Crippen molar-refractivity contribution in [2.24, 2.45) is 5.41 Å². The van der Waals surface area contributed by atoms with E-state index in [0.717, 1.165) is 17.9 Å². The molecular formula is C14H22O2. The van der Waals surface area contributed by atoms with E-state index < -0.39 is 0 Å². The van der Waals surface area contributed by atoms with Gasteiger partial charge in [0.25, 0.3) is 0 Å². The lowest BCUT2D eigenvalue weighted by molar-refractivity contribution is 0.310. The van der Waals surface area contributed by atoms with Crippen molar-refractivity contribution in [1.82, 2.24) is 0 Å². The van der Waals surface area contributed by atoms with Gasteiger partial charge in [0.2, 0.25) is 0 Å². The quantitative estimate of drug-likeness (QED) is 0.773. The number of hydrogen-bond donors (Lipinski definition) is 0. The fourth-order valence-corrected chi connectivity index (χ4v) is 1.71. The fraction of sp³-hybridized carbons (Fsp3) is 0.571. The van der Waals surface area contributed by atoms with Crippen LogP contribution >= 0.6 is 0 Å². The van der Waals surface area contributed by atoms with Crippen LogP contribution in [0.4, 0.5) is 0 Å². The molecule has 0 bridgehead atoms. The predicted molar refractivity (Wildman–Crippen MR) is 67.3 cm³/mol. The molecule has 0 unspecified atom stereocenters. The zero-order chi connectivity index (χ0) is 12.2. The number of rotatable bonds is 4. The van der Waals surface area contributed by atoms with Crippen molar-refractivity contribution in [3.05, 3.63) is 23.8 Å². The summed E-state index contributed by atoms with van der Waals surface area (Å²) in [5.74, 6) is 1.64. The maximum atomic E-state index is 5.49. The van der Waals surface area contributed by atoms with Gasteiger partial charge in [-0.3, -0.25) is 0 Å². The third kappa shape index (κ3) is 3.76. The normalized spacial score (nSPS) is 11.3. The molecule has 0 saturated heterocycles. The molecule has 1 aromatic carbocycles. The smallest absolute Gasteiger partial charge is 0.161 e. The minimum Gasteiger partial charge on any atom is -0.493 e. The number of methoxy groups -OCH3 is 1. The zero-order valence-corrected chi connectivity index (χ0v) is 11.0. The van der Waals surface area contributed by atoms with E-state index in [4.69, 9.17) is 9.47 Å². The Balaban J connectivity index is 2.90. The van der Waals surface area contributed by atoms with Crippen LogP contribution < -0.4 is 9.47 Å². The third-order valence-electron chi connectivity index (χ3n) is 2.26. The molecule has 0 heterocycles. The summed E-state index contributed by atoms with van der Waals surface area (Å²) < 4.78 is 10.8. The fourth-order valence-electron chi connectivity index (χ4n) is 1.71. The number of hydrogen-bond acceptors (Lipinski definition) is 2. The first-order valence-electron chi connectivity index (χ1n) is 5.76. The average Bonchev–Trinajstić information content (AvgIpc) is 2.18. The highest BCUT2D eigenvalue weighted by Crippen LogP contribution is 2.30. The Hall–Kier alpha value is -1.18. The summed E-state index contributed by atoms with van der Waals surface area (Å²) in [7, 11) is 1.68. The van der Waals surface area contributed by atoms with E-state index in [-0.39, 0.29) is 5.41 Å². The van der Waals surface area contributed by atoms with Gasteiger partial charge in [-0.2, -0.15) is 0 Å². The highest BCUT2D eigenvalue weighted by molar-refractivity contribution is 5.43. The molecule has 0 N–H and O–H groups in total. The van der Waals surface area contributed by atoms with Crippen LogP contribution in [0.5, 0.6) is 11.5 Å². The van der Waals surface area contributed by atoms with Gasteiger partial charge in [-0.05, 0) is 36.5 Å². The Kier molecular flexibility index (Phi) is 4.22. The summed E-state index contributed by atoms with van der Waals surface area (Å²) in [6, 6.07) is 6.17. The summed E-state index contributed by atoms with van der Waals surface area (Å²) in [5.41, 5.74) is 1.57. The summed E-state index contributed by atoms with van der Waals surface area (Å²) >= 11 is 0. The first-order valence-corrected chi connectivity index (χ1v) is 5.76. The van der Waals surface area contributed by atoms with E-state index in [0.29, 0.717) is 6.61 Å². The Morgan fingerprint density at radius 1 is 1.12 bits per heavy atom. The lowest BCUT2D eigenvalue weighted by atomic mass is 9.88. The van der Waals surface area contributed by atoms with Crippen molar-refractivity contribution in [2.45, 2.75) is 34.1 Å². The Bertz CT molecular complexity index is 337. The molecular weight excluding hydrogens is 200 g/mol. The predicted octanol–water partition coefficient (Wildman–Crippen LogP) is 3.68. The van der Waals surface area contributed by atoms with Gasteiger partial charge in [0.1, 0.15) is 0 Å². The van der Waals surface area contributed by atoms with Crippen molar-refractivity contribution in [3.8, 4) is 11.5 Å². The molecule has 16 heavy (non-hydrogen) atoms. The largest absolute Gasteiger partial charge is 0.493 e. The highest BCUT2D eigenvalue weighted by Gasteiger charge is 2.13. The van der Waals surface area contributed by atoms with Crippen LogP contribution in [-0.2, 0) is 6.42 Å². The van der Waals surface area contributed by atoms with Crippen LogP contribution in [0.15, 0.2) is 18.2 Å². The molecule has 0 aliphatic heterocycles. The third-order valence-corrected chi connectivity index (χ3v) is 2.26. The summed E-state index contributed by atoms with van der Waals surface area (Å²) in [4.78, 5) is 0. The standard InChI is InChI=1S/C14H22O2/c1-6-16-12-8-7-11(9-13(12)15-5)10-14(2,3)4/h7-9H,6,10H2,1-5H3. The van der Waals surface area contributed by atoms with E-state index in [2.05, 4.69) is 32.9 Å². The molecule has 0 aliphatic carbocycles. The van der Waals surface area contributed by atoms with Crippen molar-refractivity contribution >= 4 is 0 Å². The molecule has 0 aromatic heterocycles. The van der Waals surface area contributed by atoms with E-state index >= 15 is 0 Å². The van der Waals surface area contributed by atoms with E-state index in [1.54, 1.807) is 7.11 Å². The van der Waals surface area contributed by atoms with Crippen molar-refractivity contribution in [1.29, 1.82) is 0 Å². The number of benzene rings is 1. The Labute approximate surface area is 98.6 Å². The van der Waals surface area contributed by atoms with E-state index in [1.807, 2.05) is 13.0 Å². The van der Waals surface area contributed by atoms with E-state index in [1.165, 1.54) is 5.56 Å². The van der Waals surface area contributed by atoms with Crippen molar-refractivity contribution in [3.63, 3.8) is 0 Å². The van der Waals surface area contributed by atoms with Crippen molar-refractivity contribution in [2.75, 3.05) is 13.7 Å². The van der Waals surface area contributed by atoms with Crippen LogP contribution in [0.25, 0.3) is 0 Å². The monoisotopic (exact) mass is 222 g/mol. The highest BCUT2D eigenvalue weighted by atomic mass is 16.5. The molecule has 1 aromatic rings. The zero-order valence-electron chi connectivity index (χ0n) is 11.0. The molecule has 0 amide bonds. The molecule has 0 aliphatic rings. The molecule has 2 nitrogen and oxygen atoms in total. The van der Waals surface area contributed by atoms with Gasteiger partial charge in [-0.15, -0.1) is 0 Å². The molecule has 0 fully saturated rings. The Morgan fingerprint density at radius 2 is 1.81 bits per heavy atom. The molecule has 0 radical (unpaired) electrons. The molecule has 0 spiro atoms. The maximum Gasteiger partial charge on any atom is 0.161 e. The summed E-state index contributed by atoms with van der Waals surface area (Å²) in [6.45, 7) is 9.33. The first kappa shape index (κ1) is 12.9. The topological polar surface area (TPSA) is 18.5 Å². The summed E-state index contributed by atoms with van der Waals surface area (Å²) in [6.07, 6.45) is 1.04. The van der Waals surface area contributed by atoms with Gasteiger partial charge < -0.3 is 9.47 Å². The lowest BCUT2D eigenvalue weighted by Gasteiger charge is -2.19. The second-order valence-electron chi connectivity index (χ2n) is 5.16. The van der Waals surface area contributed by atoms with Crippen LogP contribution in [-0.4, -0.2) is 13.7 Å². The molecule has 2 heteroatoms. The SMILES string of the molecule is CCOc1ccc(CC(C)(C)C)cc1OC. The van der Waals surface area contributed by atoms with E-state index in [9.17, 15) is 0 Å². The average molecular weight is 222 g/mol. The minimum absolute atomic E-state index is 0.290. The molecule has 90 valence electrons. The second-order valence-corrected chi connectivity index (χ2v) is 5.16. The second kappa shape index (κ2) is 5.24. The van der Waals surface area contributed by atoms with Gasteiger partial charge in [0.05, 0.1) is 13.7 Å². The maximum absolute atomic E-state index is 5.49. The van der Waals surface area contributed by atoms with Crippen LogP contribution in [0.2, 0.25) is 0 Å². The van der Waals surface area contributed by atoms with Gasteiger partial charge in [-0.1, -0.05) is 26.8 Å². The minimum atomic E-state index is 0.290. The van der Waals surface area contributed by atoms with Crippen LogP contribution in [0.3, 0.4) is 0 Å². The molecule has 0 atom stereocenters. The summed E-state index contributed by atoms with van der Waals surface area (Å²) in [5, 5.41) is 0. The molecule has 1 rings (SSSR count). The number of ether oxygens (including phenoxy) is 2. The van der Waals surface area contributed by atoms with Gasteiger partial charge >= 0.3 is 0 Å². The lowest BCUT2D eigenvalue weighted by Crippen LogP contribution is -2.09. The first-order chi connectivity index (χ1) is 7.46. The van der Waals surface area contributed by atoms with Crippen LogP contribution in [0.1, 0.15) is 33.3 Å².